The number of carboxylic acids is 2. The first kappa shape index (κ1) is 39.4. The van der Waals surface area contributed by atoms with E-state index >= 15 is 0 Å². The van der Waals surface area contributed by atoms with Crippen molar-refractivity contribution in [1.82, 2.24) is 24.3 Å². The minimum Gasteiger partial charge on any atom is -0.496 e. The number of Topliss-reactive ketones (excluding diaryl/α,β-unsaturated/α-hetero) is 1. The Labute approximate surface area is 302 Å². The third-order valence-corrected chi connectivity index (χ3v) is 10.2. The Morgan fingerprint density at radius 2 is 1.76 bits per heavy atom. The molecule has 1 unspecified atom stereocenters. The van der Waals surface area contributed by atoms with Crippen molar-refractivity contribution in [3.63, 3.8) is 0 Å². The van der Waals surface area contributed by atoms with Crippen LogP contribution in [-0.2, 0) is 32.3 Å². The summed E-state index contributed by atoms with van der Waals surface area (Å²) in [6.07, 6.45) is 5.64. The zero-order chi connectivity index (χ0) is 36.9. The number of aromatic nitrogens is 3. The largest absolute Gasteiger partial charge is 0.496 e. The van der Waals surface area contributed by atoms with E-state index in [-0.39, 0.29) is 42.7 Å². The maximum absolute atomic E-state index is 12.9. The number of hydrogen-bond acceptors (Lipinski definition) is 12. The number of anilines is 2. The number of carbonyl (C=O) groups excluding carboxylic acids is 2. The van der Waals surface area contributed by atoms with Gasteiger partial charge in [-0.15, -0.1) is 11.8 Å². The monoisotopic (exact) mass is 726 g/mol. The van der Waals surface area contributed by atoms with Crippen LogP contribution in [0.4, 0.5) is 11.8 Å². The number of nitrogen functional groups attached to an aromatic ring is 1. The highest BCUT2D eigenvalue weighted by Crippen LogP contribution is 2.28. The molecule has 2 aromatic heterocycles. The number of thioether (sulfide) groups is 1. The number of amides is 1. The van der Waals surface area contributed by atoms with Gasteiger partial charge in [0.25, 0.3) is 0 Å². The first-order chi connectivity index (χ1) is 24.5. The van der Waals surface area contributed by atoms with Crippen molar-refractivity contribution in [3.05, 3.63) is 41.6 Å². The molecular formula is C35H50N8O7S. The summed E-state index contributed by atoms with van der Waals surface area (Å²) in [5.74, 6) is -1.12. The summed E-state index contributed by atoms with van der Waals surface area (Å²) in [6.45, 7) is 6.79. The first-order valence-corrected chi connectivity index (χ1v) is 18.4. The molecule has 278 valence electrons. The van der Waals surface area contributed by atoms with Gasteiger partial charge in [0.2, 0.25) is 11.9 Å². The topological polar surface area (TPSA) is 219 Å². The fourth-order valence-corrected chi connectivity index (χ4v) is 7.05. The molecule has 3 aromatic rings. The summed E-state index contributed by atoms with van der Waals surface area (Å²) in [6, 6.07) is 6.93. The van der Waals surface area contributed by atoms with Crippen LogP contribution < -0.4 is 21.5 Å². The SMILES string of the molecule is CCCCCNc1nc(N)nc2ccn(Cc3cc(CN4CCN(C(=O)CCCC(=O)CC(SC[C@H](N)C(=O)O)C(=O)O)CC4)ccc3OC)c12. The first-order valence-electron chi connectivity index (χ1n) is 17.4. The van der Waals surface area contributed by atoms with Crippen molar-refractivity contribution in [2.24, 2.45) is 5.73 Å². The predicted octanol–water partition coefficient (Wildman–Crippen LogP) is 3.04. The standard InChI is InChI=1S/C35H50N8O7S/c1-3-4-5-12-38-32-31-27(39-35(37)40-32)11-13-43(31)21-24-18-23(9-10-28(24)50-2)20-41-14-16-42(17-15-41)30(45)8-6-7-25(44)19-29(34(48)49)51-22-26(36)33(46)47/h9-11,13,18,26,29H,3-8,12,14-17,19-22,36H2,1-2H3,(H,46,47)(H,48,49)(H3,37,38,39,40)/t26-,29?/m0/s1. The number of rotatable bonds is 21. The Bertz CT molecular complexity index is 1660. The van der Waals surface area contributed by atoms with Crippen LogP contribution in [0.15, 0.2) is 30.5 Å². The van der Waals surface area contributed by atoms with Crippen molar-refractivity contribution >= 4 is 58.2 Å². The lowest BCUT2D eigenvalue weighted by molar-refractivity contribution is -0.139. The number of carboxylic acid groups (broad SMARTS) is 2. The average Bonchev–Trinajstić information content (AvgIpc) is 3.50. The quantitative estimate of drug-likeness (QED) is 0.0997. The molecule has 15 nitrogen and oxygen atoms in total. The van der Waals surface area contributed by atoms with Crippen LogP contribution in [0.3, 0.4) is 0 Å². The van der Waals surface area contributed by atoms with Gasteiger partial charge in [-0.05, 0) is 36.6 Å². The minimum absolute atomic E-state index is 0.0327. The molecule has 2 atom stereocenters. The molecule has 0 saturated carbocycles. The fraction of sp³-hybridized carbons (Fsp3) is 0.543. The van der Waals surface area contributed by atoms with Crippen LogP contribution in [0.5, 0.6) is 5.75 Å². The zero-order valence-corrected chi connectivity index (χ0v) is 30.2. The molecule has 0 radical (unpaired) electrons. The Morgan fingerprint density at radius 3 is 2.45 bits per heavy atom. The molecule has 1 aliphatic heterocycles. The highest BCUT2D eigenvalue weighted by molar-refractivity contribution is 8.00. The van der Waals surface area contributed by atoms with Crippen LogP contribution in [-0.4, -0.2) is 115 Å². The van der Waals surface area contributed by atoms with Crippen LogP contribution in [0, 0.1) is 0 Å². The maximum atomic E-state index is 12.9. The summed E-state index contributed by atoms with van der Waals surface area (Å²) in [4.78, 5) is 60.8. The second-order valence-electron chi connectivity index (χ2n) is 12.7. The lowest BCUT2D eigenvalue weighted by atomic mass is 10.1. The number of nitrogens with two attached hydrogens (primary N) is 2. The lowest BCUT2D eigenvalue weighted by Gasteiger charge is -2.35. The summed E-state index contributed by atoms with van der Waals surface area (Å²) >= 11 is 0.841. The number of unbranched alkanes of at least 4 members (excludes halogenated alkanes) is 2. The molecule has 1 amide bonds. The van der Waals surface area contributed by atoms with Crippen LogP contribution in [0.25, 0.3) is 11.0 Å². The van der Waals surface area contributed by atoms with Crippen molar-refractivity contribution in [2.45, 2.75) is 76.3 Å². The number of methoxy groups -OCH3 is 1. The van der Waals surface area contributed by atoms with Crippen molar-refractivity contribution in [3.8, 4) is 5.75 Å². The van der Waals surface area contributed by atoms with Crippen LogP contribution >= 0.6 is 11.8 Å². The normalized spacial score (nSPS) is 14.7. The average molecular weight is 727 g/mol. The van der Waals surface area contributed by atoms with Gasteiger partial charge in [-0.1, -0.05) is 25.8 Å². The van der Waals surface area contributed by atoms with E-state index in [1.54, 1.807) is 7.11 Å². The molecule has 0 aliphatic carbocycles. The van der Waals surface area contributed by atoms with Crippen molar-refractivity contribution < 1.29 is 34.1 Å². The Morgan fingerprint density at radius 1 is 1.00 bits per heavy atom. The van der Waals surface area contributed by atoms with E-state index in [0.29, 0.717) is 51.5 Å². The van der Waals surface area contributed by atoms with E-state index in [9.17, 15) is 24.3 Å². The van der Waals surface area contributed by atoms with Gasteiger partial charge in [-0.2, -0.15) is 4.98 Å². The van der Waals surface area contributed by atoms with Gasteiger partial charge in [-0.25, -0.2) is 4.98 Å². The fourth-order valence-electron chi connectivity index (χ4n) is 6.02. The Balaban J connectivity index is 1.27. The maximum Gasteiger partial charge on any atom is 0.321 e. The number of nitrogens with zero attached hydrogens (tertiary/aromatic N) is 5. The Hall–Kier alpha value is -4.41. The van der Waals surface area contributed by atoms with Crippen molar-refractivity contribution in [1.29, 1.82) is 0 Å². The third-order valence-electron chi connectivity index (χ3n) is 8.85. The number of benzene rings is 1. The second kappa shape index (κ2) is 19.3. The van der Waals surface area contributed by atoms with E-state index in [1.807, 2.05) is 23.2 Å². The van der Waals surface area contributed by atoms with Gasteiger partial charge in [0.15, 0.2) is 5.82 Å². The minimum atomic E-state index is -1.23. The zero-order valence-electron chi connectivity index (χ0n) is 29.4. The van der Waals surface area contributed by atoms with E-state index in [1.165, 1.54) is 0 Å². The third kappa shape index (κ3) is 11.6. The number of carbonyl (C=O) groups is 4. The molecular weight excluding hydrogens is 677 g/mol. The highest BCUT2D eigenvalue weighted by Gasteiger charge is 2.25. The molecule has 0 bridgehead atoms. The van der Waals surface area contributed by atoms with Crippen LogP contribution in [0.1, 0.15) is 63.0 Å². The number of aliphatic carboxylic acids is 2. The van der Waals surface area contributed by atoms with Gasteiger partial charge < -0.3 is 41.2 Å². The van der Waals surface area contributed by atoms with Gasteiger partial charge >= 0.3 is 11.9 Å². The molecule has 1 fully saturated rings. The predicted molar refractivity (Wildman–Crippen MR) is 197 cm³/mol. The number of ketones is 1. The molecule has 4 rings (SSSR count). The number of fused-ring (bicyclic) bond motifs is 1. The molecule has 1 saturated heterocycles. The molecule has 1 aliphatic rings. The molecule has 3 heterocycles. The molecule has 51 heavy (non-hydrogen) atoms. The van der Waals surface area contributed by atoms with E-state index < -0.39 is 23.2 Å². The second-order valence-corrected chi connectivity index (χ2v) is 14.0. The lowest BCUT2D eigenvalue weighted by Crippen LogP contribution is -2.48. The number of ether oxygens (including phenoxy) is 1. The highest BCUT2D eigenvalue weighted by atomic mass is 32.2. The number of hydrogen-bond donors (Lipinski definition) is 5. The summed E-state index contributed by atoms with van der Waals surface area (Å²) in [5, 5.41) is 20.7. The summed E-state index contributed by atoms with van der Waals surface area (Å²) < 4.78 is 7.84. The Kier molecular flexibility index (Phi) is 14.9. The number of nitrogens with one attached hydrogen (secondary N) is 1. The molecule has 16 heteroatoms. The van der Waals surface area contributed by atoms with Crippen LogP contribution in [0.2, 0.25) is 0 Å². The van der Waals surface area contributed by atoms with Crippen molar-refractivity contribution in [2.75, 3.05) is 56.6 Å². The smallest absolute Gasteiger partial charge is 0.321 e. The van der Waals surface area contributed by atoms with E-state index in [0.717, 1.165) is 65.5 Å². The van der Waals surface area contributed by atoms with E-state index in [2.05, 4.69) is 43.8 Å². The summed E-state index contributed by atoms with van der Waals surface area (Å²) in [5.41, 5.74) is 15.3. The number of piperazine rings is 1. The molecule has 0 spiro atoms. The molecule has 7 N–H and O–H groups in total. The summed E-state index contributed by atoms with van der Waals surface area (Å²) in [7, 11) is 1.66. The van der Waals surface area contributed by atoms with Gasteiger partial charge in [0.1, 0.15) is 28.3 Å². The van der Waals surface area contributed by atoms with E-state index in [4.69, 9.17) is 21.3 Å². The molecule has 1 aromatic carbocycles. The van der Waals surface area contributed by atoms with Gasteiger partial charge in [0, 0.05) is 76.0 Å². The van der Waals surface area contributed by atoms with Gasteiger partial charge in [-0.3, -0.25) is 24.1 Å². The van der Waals surface area contributed by atoms with Gasteiger partial charge in [0.05, 0.1) is 19.2 Å².